The van der Waals surface area contributed by atoms with Crippen LogP contribution in [0.3, 0.4) is 0 Å². The summed E-state index contributed by atoms with van der Waals surface area (Å²) in [6.07, 6.45) is 5.29. The molecule has 104 valence electrons. The van der Waals surface area contributed by atoms with Crippen molar-refractivity contribution in [3.63, 3.8) is 0 Å². The van der Waals surface area contributed by atoms with Crippen LogP contribution in [0.2, 0.25) is 5.02 Å². The highest BCUT2D eigenvalue weighted by atomic mass is 35.5. The van der Waals surface area contributed by atoms with E-state index in [2.05, 4.69) is 10.3 Å². The quantitative estimate of drug-likeness (QED) is 0.800. The Labute approximate surface area is 127 Å². The van der Waals surface area contributed by atoms with Crippen LogP contribution in [0.25, 0.3) is 5.69 Å². The molecule has 0 saturated heterocycles. The fraction of sp³-hybridized carbons (Fsp3) is 0. The van der Waals surface area contributed by atoms with Gasteiger partial charge < -0.3 is 9.88 Å². The van der Waals surface area contributed by atoms with Gasteiger partial charge in [-0.3, -0.25) is 4.79 Å². The molecule has 0 aliphatic heterocycles. The first-order chi connectivity index (χ1) is 10.2. The van der Waals surface area contributed by atoms with Crippen LogP contribution in [-0.4, -0.2) is 15.5 Å². The van der Waals surface area contributed by atoms with Crippen LogP contribution in [0.15, 0.2) is 67.3 Å². The molecular weight excluding hydrogens is 286 g/mol. The van der Waals surface area contributed by atoms with Gasteiger partial charge in [0.15, 0.2) is 0 Å². The third-order valence-electron chi connectivity index (χ3n) is 3.05. The first kappa shape index (κ1) is 13.4. The number of anilines is 1. The number of carbonyl (C=O) groups is 1. The van der Waals surface area contributed by atoms with Crippen LogP contribution >= 0.6 is 11.6 Å². The standard InChI is InChI=1S/C16H12ClN3O/c17-15-4-2-1-3-14(15)16(21)19-12-5-7-13(8-6-12)20-10-9-18-11-20/h1-11H,(H,19,21). The fourth-order valence-corrected chi connectivity index (χ4v) is 2.19. The van der Waals surface area contributed by atoms with Crippen molar-refractivity contribution in [2.75, 3.05) is 5.32 Å². The first-order valence-corrected chi connectivity index (χ1v) is 6.76. The lowest BCUT2D eigenvalue weighted by atomic mass is 10.2. The van der Waals surface area contributed by atoms with Gasteiger partial charge in [0, 0.05) is 23.8 Å². The molecule has 0 spiro atoms. The van der Waals surface area contributed by atoms with Crippen molar-refractivity contribution < 1.29 is 4.79 Å². The lowest BCUT2D eigenvalue weighted by molar-refractivity contribution is 0.102. The maximum Gasteiger partial charge on any atom is 0.257 e. The number of rotatable bonds is 3. The number of carbonyl (C=O) groups excluding carboxylic acids is 1. The number of hydrogen-bond acceptors (Lipinski definition) is 2. The molecule has 1 aromatic heterocycles. The molecule has 0 aliphatic carbocycles. The molecular formula is C16H12ClN3O. The average molecular weight is 298 g/mol. The van der Waals surface area contributed by atoms with Crippen LogP contribution in [-0.2, 0) is 0 Å². The van der Waals surface area contributed by atoms with E-state index in [1.807, 2.05) is 35.0 Å². The number of aromatic nitrogens is 2. The molecule has 1 N–H and O–H groups in total. The Morgan fingerprint density at radius 3 is 2.52 bits per heavy atom. The van der Waals surface area contributed by atoms with E-state index < -0.39 is 0 Å². The number of amides is 1. The largest absolute Gasteiger partial charge is 0.322 e. The number of halogens is 1. The molecule has 0 unspecified atom stereocenters. The van der Waals surface area contributed by atoms with E-state index in [0.29, 0.717) is 16.3 Å². The molecule has 4 nitrogen and oxygen atoms in total. The van der Waals surface area contributed by atoms with E-state index in [1.165, 1.54) is 0 Å². The van der Waals surface area contributed by atoms with E-state index in [9.17, 15) is 4.79 Å². The van der Waals surface area contributed by atoms with Gasteiger partial charge in [-0.15, -0.1) is 0 Å². The van der Waals surface area contributed by atoms with Crippen molar-refractivity contribution in [1.82, 2.24) is 9.55 Å². The second-order valence-electron chi connectivity index (χ2n) is 4.45. The summed E-state index contributed by atoms with van der Waals surface area (Å²) in [5.41, 5.74) is 2.14. The molecule has 21 heavy (non-hydrogen) atoms. The summed E-state index contributed by atoms with van der Waals surface area (Å²) in [7, 11) is 0. The van der Waals surface area contributed by atoms with Gasteiger partial charge in [0.25, 0.3) is 5.91 Å². The lowest BCUT2D eigenvalue weighted by Crippen LogP contribution is -2.12. The number of imidazole rings is 1. The summed E-state index contributed by atoms with van der Waals surface area (Å²) >= 11 is 6.01. The average Bonchev–Trinajstić information content (AvgIpc) is 3.02. The Hall–Kier alpha value is -2.59. The normalized spacial score (nSPS) is 10.3. The molecule has 1 amide bonds. The van der Waals surface area contributed by atoms with Crippen LogP contribution in [0.5, 0.6) is 0 Å². The van der Waals surface area contributed by atoms with Gasteiger partial charge in [-0.25, -0.2) is 4.98 Å². The van der Waals surface area contributed by atoms with Gasteiger partial charge in [-0.2, -0.15) is 0 Å². The van der Waals surface area contributed by atoms with E-state index in [-0.39, 0.29) is 5.91 Å². The smallest absolute Gasteiger partial charge is 0.257 e. The van der Waals surface area contributed by atoms with Crippen molar-refractivity contribution in [3.05, 3.63) is 77.8 Å². The molecule has 3 aromatic rings. The molecule has 0 saturated carbocycles. The van der Waals surface area contributed by atoms with E-state index in [1.54, 1.807) is 36.8 Å². The van der Waals surface area contributed by atoms with E-state index in [0.717, 1.165) is 5.69 Å². The minimum Gasteiger partial charge on any atom is -0.322 e. The minimum absolute atomic E-state index is 0.226. The molecule has 0 atom stereocenters. The summed E-state index contributed by atoms with van der Waals surface area (Å²) in [4.78, 5) is 16.1. The summed E-state index contributed by atoms with van der Waals surface area (Å²) in [6, 6.07) is 14.4. The predicted octanol–water partition coefficient (Wildman–Crippen LogP) is 3.78. The first-order valence-electron chi connectivity index (χ1n) is 6.38. The topological polar surface area (TPSA) is 46.9 Å². The van der Waals surface area contributed by atoms with Crippen molar-refractivity contribution in [1.29, 1.82) is 0 Å². The van der Waals surface area contributed by atoms with Gasteiger partial charge in [-0.1, -0.05) is 23.7 Å². The fourth-order valence-electron chi connectivity index (χ4n) is 1.97. The minimum atomic E-state index is -0.226. The maximum atomic E-state index is 12.1. The van der Waals surface area contributed by atoms with E-state index in [4.69, 9.17) is 11.6 Å². The summed E-state index contributed by atoms with van der Waals surface area (Å²) in [6.45, 7) is 0. The zero-order valence-corrected chi connectivity index (χ0v) is 11.8. The van der Waals surface area contributed by atoms with Crippen LogP contribution in [0.1, 0.15) is 10.4 Å². The Bertz CT molecular complexity index is 751. The highest BCUT2D eigenvalue weighted by Gasteiger charge is 2.09. The SMILES string of the molecule is O=C(Nc1ccc(-n2ccnc2)cc1)c1ccccc1Cl. The van der Waals surface area contributed by atoms with Crippen molar-refractivity contribution in [2.45, 2.75) is 0 Å². The van der Waals surface area contributed by atoms with Gasteiger partial charge in [0.05, 0.1) is 16.9 Å². The van der Waals surface area contributed by atoms with Gasteiger partial charge in [0.1, 0.15) is 0 Å². The van der Waals surface area contributed by atoms with Gasteiger partial charge in [0.2, 0.25) is 0 Å². The predicted molar refractivity (Wildman–Crippen MR) is 83.0 cm³/mol. The van der Waals surface area contributed by atoms with Crippen molar-refractivity contribution in [2.24, 2.45) is 0 Å². The van der Waals surface area contributed by atoms with Gasteiger partial charge >= 0.3 is 0 Å². The Kier molecular flexibility index (Phi) is 3.71. The van der Waals surface area contributed by atoms with Gasteiger partial charge in [-0.05, 0) is 36.4 Å². The Morgan fingerprint density at radius 2 is 1.86 bits per heavy atom. The number of benzene rings is 2. The van der Waals surface area contributed by atoms with Crippen molar-refractivity contribution in [3.8, 4) is 5.69 Å². The summed E-state index contributed by atoms with van der Waals surface area (Å²) < 4.78 is 1.89. The highest BCUT2D eigenvalue weighted by molar-refractivity contribution is 6.34. The monoisotopic (exact) mass is 297 g/mol. The highest BCUT2D eigenvalue weighted by Crippen LogP contribution is 2.18. The summed E-state index contributed by atoms with van der Waals surface area (Å²) in [5.74, 6) is -0.226. The van der Waals surface area contributed by atoms with E-state index >= 15 is 0 Å². The zero-order valence-electron chi connectivity index (χ0n) is 11.0. The zero-order chi connectivity index (χ0) is 14.7. The molecule has 3 rings (SSSR count). The number of nitrogens with zero attached hydrogens (tertiary/aromatic N) is 2. The lowest BCUT2D eigenvalue weighted by Gasteiger charge is -2.08. The Balaban J connectivity index is 1.77. The molecule has 0 fully saturated rings. The summed E-state index contributed by atoms with van der Waals surface area (Å²) in [5, 5.41) is 3.26. The van der Waals surface area contributed by atoms with Crippen molar-refractivity contribution >= 4 is 23.2 Å². The molecule has 5 heteroatoms. The Morgan fingerprint density at radius 1 is 1.10 bits per heavy atom. The van der Waals surface area contributed by atoms with Crippen LogP contribution < -0.4 is 5.32 Å². The number of hydrogen-bond donors (Lipinski definition) is 1. The third-order valence-corrected chi connectivity index (χ3v) is 3.38. The van der Waals surface area contributed by atoms with Crippen LogP contribution in [0, 0.1) is 0 Å². The van der Waals surface area contributed by atoms with Crippen LogP contribution in [0.4, 0.5) is 5.69 Å². The second-order valence-corrected chi connectivity index (χ2v) is 4.86. The number of nitrogens with one attached hydrogen (secondary N) is 1. The third kappa shape index (κ3) is 2.95. The molecule has 2 aromatic carbocycles. The molecule has 0 aliphatic rings. The molecule has 0 bridgehead atoms. The molecule has 1 heterocycles. The maximum absolute atomic E-state index is 12.1. The molecule has 0 radical (unpaired) electrons. The second kappa shape index (κ2) is 5.81.